The standard InChI is InChI=1S/C15H20N2O5S/c1-5-15(17(19)14(18)10-11(2)3)23(20,21)16-12-6-8-13(22-4)9-7-12/h1,6-9,11,15-16,19H,10H2,2-4H3/t15-/m1/s1. The maximum Gasteiger partial charge on any atom is 0.268 e. The van der Waals surface area contributed by atoms with Gasteiger partial charge >= 0.3 is 0 Å². The molecule has 126 valence electrons. The Kier molecular flexibility index (Phi) is 6.42. The number of amides is 1. The van der Waals surface area contributed by atoms with Gasteiger partial charge in [0.15, 0.2) is 0 Å². The van der Waals surface area contributed by atoms with Gasteiger partial charge in [-0.3, -0.25) is 14.7 Å². The molecule has 0 aliphatic heterocycles. The fraction of sp³-hybridized carbons (Fsp3) is 0.400. The van der Waals surface area contributed by atoms with Gasteiger partial charge in [0.05, 0.1) is 7.11 Å². The number of terminal acetylenes is 1. The minimum absolute atomic E-state index is 0.0211. The fourth-order valence-corrected chi connectivity index (χ4v) is 2.88. The predicted molar refractivity (Wildman–Crippen MR) is 86.2 cm³/mol. The third kappa shape index (κ3) is 5.16. The molecular formula is C15H20N2O5S. The molecule has 1 amide bonds. The summed E-state index contributed by atoms with van der Waals surface area (Å²) in [5.74, 6) is 1.66. The zero-order valence-corrected chi connectivity index (χ0v) is 14.0. The molecule has 0 aromatic heterocycles. The summed E-state index contributed by atoms with van der Waals surface area (Å²) >= 11 is 0. The van der Waals surface area contributed by atoms with Crippen molar-refractivity contribution in [3.63, 3.8) is 0 Å². The van der Waals surface area contributed by atoms with Gasteiger partial charge in [-0.25, -0.2) is 8.42 Å². The molecule has 0 bridgehead atoms. The first-order chi connectivity index (χ1) is 10.7. The van der Waals surface area contributed by atoms with Crippen LogP contribution < -0.4 is 9.46 Å². The van der Waals surface area contributed by atoms with Crippen LogP contribution in [-0.4, -0.2) is 37.1 Å². The van der Waals surface area contributed by atoms with Gasteiger partial charge in [-0.05, 0) is 30.2 Å². The number of methoxy groups -OCH3 is 1. The van der Waals surface area contributed by atoms with Crippen LogP contribution in [0.4, 0.5) is 5.69 Å². The molecule has 23 heavy (non-hydrogen) atoms. The molecule has 0 aliphatic rings. The summed E-state index contributed by atoms with van der Waals surface area (Å²) in [4.78, 5) is 11.8. The summed E-state index contributed by atoms with van der Waals surface area (Å²) in [7, 11) is -2.71. The Morgan fingerprint density at radius 2 is 1.96 bits per heavy atom. The average Bonchev–Trinajstić information content (AvgIpc) is 2.47. The second-order valence-corrected chi connectivity index (χ2v) is 6.97. The molecular weight excluding hydrogens is 320 g/mol. The number of carbonyl (C=O) groups excluding carboxylic acids is 1. The zero-order chi connectivity index (χ0) is 17.6. The predicted octanol–water partition coefficient (Wildman–Crippen LogP) is 1.66. The van der Waals surface area contributed by atoms with Crippen LogP contribution in [0.25, 0.3) is 0 Å². The largest absolute Gasteiger partial charge is 0.497 e. The Morgan fingerprint density at radius 1 is 1.39 bits per heavy atom. The van der Waals surface area contributed by atoms with Crippen molar-refractivity contribution in [3.8, 4) is 18.1 Å². The van der Waals surface area contributed by atoms with Crippen molar-refractivity contribution in [1.82, 2.24) is 5.06 Å². The normalized spacial score (nSPS) is 12.3. The van der Waals surface area contributed by atoms with Crippen LogP contribution in [0.5, 0.6) is 5.75 Å². The molecule has 2 N–H and O–H groups in total. The second kappa shape index (κ2) is 7.85. The Hall–Kier alpha value is -2.24. The lowest BCUT2D eigenvalue weighted by Crippen LogP contribution is -2.44. The highest BCUT2D eigenvalue weighted by Gasteiger charge is 2.32. The zero-order valence-electron chi connectivity index (χ0n) is 13.2. The van der Waals surface area contributed by atoms with E-state index in [1.807, 2.05) is 5.92 Å². The van der Waals surface area contributed by atoms with Gasteiger partial charge in [-0.2, -0.15) is 5.06 Å². The fourth-order valence-electron chi connectivity index (χ4n) is 1.74. The molecule has 0 aliphatic carbocycles. The van der Waals surface area contributed by atoms with Gasteiger partial charge in [-0.15, -0.1) is 6.42 Å². The molecule has 0 saturated heterocycles. The second-order valence-electron chi connectivity index (χ2n) is 5.23. The number of nitrogens with one attached hydrogen (secondary N) is 1. The Labute approximate surface area is 136 Å². The lowest BCUT2D eigenvalue weighted by atomic mass is 10.1. The average molecular weight is 340 g/mol. The third-order valence-electron chi connectivity index (χ3n) is 2.85. The first-order valence-electron chi connectivity index (χ1n) is 6.84. The molecule has 1 rings (SSSR count). The van der Waals surface area contributed by atoms with Crippen molar-refractivity contribution in [2.75, 3.05) is 11.8 Å². The molecule has 0 fully saturated rings. The third-order valence-corrected chi connectivity index (χ3v) is 4.29. The lowest BCUT2D eigenvalue weighted by molar-refractivity contribution is -0.166. The van der Waals surface area contributed by atoms with Crippen molar-refractivity contribution in [2.24, 2.45) is 5.92 Å². The molecule has 8 heteroatoms. The number of hydroxylamine groups is 2. The van der Waals surface area contributed by atoms with Crippen molar-refractivity contribution < 1.29 is 23.2 Å². The molecule has 0 unspecified atom stereocenters. The van der Waals surface area contributed by atoms with Crippen molar-refractivity contribution in [3.05, 3.63) is 24.3 Å². The van der Waals surface area contributed by atoms with Crippen LogP contribution >= 0.6 is 0 Å². The van der Waals surface area contributed by atoms with Crippen LogP contribution in [0.15, 0.2) is 24.3 Å². The number of rotatable bonds is 7. The van der Waals surface area contributed by atoms with E-state index >= 15 is 0 Å². The van der Waals surface area contributed by atoms with Gasteiger partial charge in [0, 0.05) is 12.1 Å². The number of sulfonamides is 1. The van der Waals surface area contributed by atoms with E-state index in [4.69, 9.17) is 11.2 Å². The summed E-state index contributed by atoms with van der Waals surface area (Å²) in [5, 5.41) is 8.08. The van der Waals surface area contributed by atoms with E-state index in [9.17, 15) is 18.4 Å². The topological polar surface area (TPSA) is 95.9 Å². The number of anilines is 1. The summed E-state index contributed by atoms with van der Waals surface area (Å²) < 4.78 is 31.8. The SMILES string of the molecule is C#C[C@H](N(O)C(=O)CC(C)C)S(=O)(=O)Nc1ccc(OC)cc1. The summed E-state index contributed by atoms with van der Waals surface area (Å²) in [6.07, 6.45) is 5.16. The van der Waals surface area contributed by atoms with Crippen molar-refractivity contribution in [2.45, 2.75) is 25.6 Å². The highest BCUT2D eigenvalue weighted by Crippen LogP contribution is 2.18. The number of carbonyl (C=O) groups is 1. The maximum absolute atomic E-state index is 12.3. The first kappa shape index (κ1) is 18.8. The lowest BCUT2D eigenvalue weighted by Gasteiger charge is -2.23. The van der Waals surface area contributed by atoms with Crippen LogP contribution in [0.2, 0.25) is 0 Å². The first-order valence-corrected chi connectivity index (χ1v) is 8.38. The molecule has 0 radical (unpaired) electrons. The molecule has 0 spiro atoms. The van der Waals surface area contributed by atoms with Gasteiger partial charge in [0.25, 0.3) is 10.0 Å². The Morgan fingerprint density at radius 3 is 2.39 bits per heavy atom. The van der Waals surface area contributed by atoms with E-state index < -0.39 is 21.3 Å². The van der Waals surface area contributed by atoms with Crippen LogP contribution in [0.3, 0.4) is 0 Å². The van der Waals surface area contributed by atoms with Gasteiger partial charge in [0.2, 0.25) is 11.3 Å². The van der Waals surface area contributed by atoms with Gasteiger partial charge in [-0.1, -0.05) is 19.8 Å². The molecule has 1 aromatic carbocycles. The minimum atomic E-state index is -4.20. The molecule has 0 heterocycles. The van der Waals surface area contributed by atoms with Gasteiger partial charge < -0.3 is 4.74 Å². The molecule has 1 atom stereocenters. The van der Waals surface area contributed by atoms with Crippen molar-refractivity contribution >= 4 is 21.6 Å². The number of hydrogen-bond donors (Lipinski definition) is 2. The number of nitrogens with zero attached hydrogens (tertiary/aromatic N) is 1. The highest BCUT2D eigenvalue weighted by molar-refractivity contribution is 7.93. The summed E-state index contributed by atoms with van der Waals surface area (Å²) in [6.45, 7) is 3.53. The van der Waals surface area contributed by atoms with E-state index in [2.05, 4.69) is 4.72 Å². The van der Waals surface area contributed by atoms with E-state index in [0.717, 1.165) is 0 Å². The Bertz CT molecular complexity index is 677. The molecule has 7 nitrogen and oxygen atoms in total. The van der Waals surface area contributed by atoms with Crippen LogP contribution in [0, 0.1) is 18.3 Å². The van der Waals surface area contributed by atoms with E-state index in [1.54, 1.807) is 26.0 Å². The highest BCUT2D eigenvalue weighted by atomic mass is 32.2. The van der Waals surface area contributed by atoms with E-state index in [1.165, 1.54) is 19.2 Å². The maximum atomic E-state index is 12.3. The molecule has 1 aromatic rings. The van der Waals surface area contributed by atoms with E-state index in [-0.39, 0.29) is 23.1 Å². The van der Waals surface area contributed by atoms with Gasteiger partial charge in [0.1, 0.15) is 5.75 Å². The quantitative estimate of drug-likeness (QED) is 0.447. The van der Waals surface area contributed by atoms with Crippen LogP contribution in [-0.2, 0) is 14.8 Å². The smallest absolute Gasteiger partial charge is 0.268 e. The summed E-state index contributed by atoms with van der Waals surface area (Å²) in [5.41, 5.74) is 0.232. The number of hydrogen-bond acceptors (Lipinski definition) is 5. The minimum Gasteiger partial charge on any atom is -0.497 e. The molecule has 0 saturated carbocycles. The van der Waals surface area contributed by atoms with Crippen LogP contribution in [0.1, 0.15) is 20.3 Å². The Balaban J connectivity index is 2.94. The van der Waals surface area contributed by atoms with E-state index in [0.29, 0.717) is 5.75 Å². The number of ether oxygens (including phenoxy) is 1. The monoisotopic (exact) mass is 340 g/mol. The summed E-state index contributed by atoms with van der Waals surface area (Å²) in [6, 6.07) is 6.07. The van der Waals surface area contributed by atoms with Crippen molar-refractivity contribution in [1.29, 1.82) is 0 Å². The number of benzene rings is 1.